The second kappa shape index (κ2) is 3.27. The zero-order chi connectivity index (χ0) is 11.0. The minimum absolute atomic E-state index is 0.283. The molecule has 15 heavy (non-hydrogen) atoms. The van der Waals surface area contributed by atoms with E-state index in [0.29, 0.717) is 10.8 Å². The van der Waals surface area contributed by atoms with Gasteiger partial charge >= 0.3 is 0 Å². The van der Waals surface area contributed by atoms with Crippen molar-refractivity contribution in [3.05, 3.63) is 38.9 Å². The monoisotopic (exact) mass is 205 g/mol. The first-order chi connectivity index (χ1) is 7.11. The molecule has 1 aromatic carbocycles. The highest BCUT2D eigenvalue weighted by Crippen LogP contribution is 2.18. The molecule has 1 aromatic heterocycles. The number of anilines is 1. The predicted molar refractivity (Wildman–Crippen MR) is 59.5 cm³/mol. The molecule has 0 aliphatic heterocycles. The molecule has 2 N–H and O–H groups in total. The van der Waals surface area contributed by atoms with Crippen LogP contribution in [0.2, 0.25) is 0 Å². The molecule has 0 spiro atoms. The van der Waals surface area contributed by atoms with Gasteiger partial charge in [0.2, 0.25) is 0 Å². The van der Waals surface area contributed by atoms with Gasteiger partial charge in [0, 0.05) is 19.8 Å². The van der Waals surface area contributed by atoms with Crippen LogP contribution < -0.4 is 16.0 Å². The van der Waals surface area contributed by atoms with Gasteiger partial charge in [-0.05, 0) is 12.1 Å². The van der Waals surface area contributed by atoms with E-state index in [1.165, 1.54) is 0 Å². The number of aromatic nitrogens is 2. The Morgan fingerprint density at radius 1 is 1.07 bits per heavy atom. The Labute approximate surface area is 85.3 Å². The lowest BCUT2D eigenvalue weighted by Crippen LogP contribution is -2.21. The normalized spacial score (nSPS) is 10.5. The van der Waals surface area contributed by atoms with Crippen LogP contribution in [0.15, 0.2) is 27.8 Å². The molecule has 0 bridgehead atoms. The molecule has 0 atom stereocenters. The summed E-state index contributed by atoms with van der Waals surface area (Å²) in [5, 5.41) is 5.45. The van der Waals surface area contributed by atoms with Crippen LogP contribution in [0.4, 0.5) is 5.69 Å². The zero-order valence-electron chi connectivity index (χ0n) is 8.50. The van der Waals surface area contributed by atoms with Crippen molar-refractivity contribution in [2.45, 2.75) is 0 Å². The Morgan fingerprint density at radius 2 is 1.73 bits per heavy atom. The topological polar surface area (TPSA) is 69.0 Å². The van der Waals surface area contributed by atoms with Crippen molar-refractivity contribution in [2.75, 3.05) is 19.0 Å². The van der Waals surface area contributed by atoms with Gasteiger partial charge in [-0.25, -0.2) is 0 Å². The molecule has 2 aromatic rings. The maximum atomic E-state index is 11.6. The SMILES string of the molecule is CN(C)c1cccc2c(=O)[nH][nH]c(=O)c12. The van der Waals surface area contributed by atoms with E-state index in [1.54, 1.807) is 23.1 Å². The van der Waals surface area contributed by atoms with Crippen LogP contribution in [0.1, 0.15) is 0 Å². The van der Waals surface area contributed by atoms with Gasteiger partial charge in [-0.3, -0.25) is 19.8 Å². The smallest absolute Gasteiger partial charge is 0.272 e. The van der Waals surface area contributed by atoms with Gasteiger partial charge in [-0.2, -0.15) is 0 Å². The standard InChI is InChI=1S/C10H11N3O2/c1-13(2)7-5-3-4-6-8(7)10(15)12-11-9(6)14/h3-5H,1-2H3,(H,11,14)(H,12,15). The van der Waals surface area contributed by atoms with Crippen molar-refractivity contribution >= 4 is 16.5 Å². The van der Waals surface area contributed by atoms with Gasteiger partial charge in [0.15, 0.2) is 0 Å². The fourth-order valence-electron chi connectivity index (χ4n) is 1.58. The van der Waals surface area contributed by atoms with Gasteiger partial charge in [0.1, 0.15) is 0 Å². The highest BCUT2D eigenvalue weighted by molar-refractivity contribution is 5.92. The minimum Gasteiger partial charge on any atom is -0.377 e. The molecule has 5 nitrogen and oxygen atoms in total. The van der Waals surface area contributed by atoms with Gasteiger partial charge in [-0.15, -0.1) is 0 Å². The Bertz CT molecular complexity index is 610. The fourth-order valence-corrected chi connectivity index (χ4v) is 1.58. The van der Waals surface area contributed by atoms with Crippen LogP contribution >= 0.6 is 0 Å². The van der Waals surface area contributed by atoms with Crippen LogP contribution in [-0.4, -0.2) is 24.3 Å². The molecule has 0 fully saturated rings. The maximum Gasteiger partial charge on any atom is 0.272 e. The number of hydrogen-bond acceptors (Lipinski definition) is 3. The number of nitrogens with zero attached hydrogens (tertiary/aromatic N) is 1. The third-order valence-electron chi connectivity index (χ3n) is 2.29. The molecule has 0 amide bonds. The van der Waals surface area contributed by atoms with Crippen molar-refractivity contribution in [3.8, 4) is 0 Å². The largest absolute Gasteiger partial charge is 0.377 e. The van der Waals surface area contributed by atoms with Crippen molar-refractivity contribution in [2.24, 2.45) is 0 Å². The van der Waals surface area contributed by atoms with Crippen LogP contribution in [0.3, 0.4) is 0 Å². The summed E-state index contributed by atoms with van der Waals surface area (Å²) >= 11 is 0. The number of aromatic amines is 2. The lowest BCUT2D eigenvalue weighted by molar-refractivity contribution is 0.974. The van der Waals surface area contributed by atoms with Gasteiger partial charge in [0.05, 0.1) is 10.8 Å². The van der Waals surface area contributed by atoms with Crippen molar-refractivity contribution < 1.29 is 0 Å². The van der Waals surface area contributed by atoms with Crippen molar-refractivity contribution in [1.29, 1.82) is 0 Å². The highest BCUT2D eigenvalue weighted by atomic mass is 16.1. The first kappa shape index (κ1) is 9.51. The summed E-state index contributed by atoms with van der Waals surface area (Å²) < 4.78 is 0. The van der Waals surface area contributed by atoms with Crippen LogP contribution in [-0.2, 0) is 0 Å². The third-order valence-corrected chi connectivity index (χ3v) is 2.29. The molecular formula is C10H11N3O2. The molecule has 0 unspecified atom stereocenters. The first-order valence-corrected chi connectivity index (χ1v) is 4.52. The number of benzene rings is 1. The van der Waals surface area contributed by atoms with E-state index in [9.17, 15) is 9.59 Å². The Kier molecular flexibility index (Phi) is 2.07. The molecule has 5 heteroatoms. The van der Waals surface area contributed by atoms with Crippen LogP contribution in [0, 0.1) is 0 Å². The lowest BCUT2D eigenvalue weighted by Gasteiger charge is -2.13. The molecule has 0 saturated carbocycles. The predicted octanol–water partition coefficient (Wildman–Crippen LogP) is 0.282. The molecular weight excluding hydrogens is 194 g/mol. The van der Waals surface area contributed by atoms with E-state index in [1.807, 2.05) is 14.1 Å². The quantitative estimate of drug-likeness (QED) is 0.702. The summed E-state index contributed by atoms with van der Waals surface area (Å²) in [6.45, 7) is 0. The summed E-state index contributed by atoms with van der Waals surface area (Å²) in [5.41, 5.74) is 0.169. The van der Waals surface area contributed by atoms with E-state index in [-0.39, 0.29) is 11.1 Å². The van der Waals surface area contributed by atoms with Gasteiger partial charge < -0.3 is 4.90 Å². The number of H-pyrrole nitrogens is 2. The summed E-state index contributed by atoms with van der Waals surface area (Å²) in [6.07, 6.45) is 0. The van der Waals surface area contributed by atoms with Crippen LogP contribution in [0.5, 0.6) is 0 Å². The van der Waals surface area contributed by atoms with E-state index >= 15 is 0 Å². The number of nitrogens with one attached hydrogen (secondary N) is 2. The zero-order valence-corrected chi connectivity index (χ0v) is 8.50. The highest BCUT2D eigenvalue weighted by Gasteiger charge is 2.08. The summed E-state index contributed by atoms with van der Waals surface area (Å²) in [7, 11) is 3.66. The second-order valence-corrected chi connectivity index (χ2v) is 3.50. The molecule has 0 radical (unpaired) electrons. The van der Waals surface area contributed by atoms with Crippen molar-refractivity contribution in [3.63, 3.8) is 0 Å². The number of fused-ring (bicyclic) bond motifs is 1. The average molecular weight is 205 g/mol. The summed E-state index contributed by atoms with van der Waals surface area (Å²) in [6, 6.07) is 5.19. The molecule has 0 aliphatic rings. The minimum atomic E-state index is -0.284. The van der Waals surface area contributed by atoms with Crippen LogP contribution in [0.25, 0.3) is 10.8 Å². The number of hydrogen-bond donors (Lipinski definition) is 2. The number of rotatable bonds is 1. The lowest BCUT2D eigenvalue weighted by atomic mass is 10.1. The Hall–Kier alpha value is -2.04. The Morgan fingerprint density at radius 3 is 2.40 bits per heavy atom. The van der Waals surface area contributed by atoms with Crippen molar-refractivity contribution in [1.82, 2.24) is 10.2 Å². The summed E-state index contributed by atoms with van der Waals surface area (Å²) in [5.74, 6) is 0. The van der Waals surface area contributed by atoms with Gasteiger partial charge in [-0.1, -0.05) is 6.07 Å². The van der Waals surface area contributed by atoms with Gasteiger partial charge in [0.25, 0.3) is 11.1 Å². The third kappa shape index (κ3) is 1.41. The fraction of sp³-hybridized carbons (Fsp3) is 0.200. The maximum absolute atomic E-state index is 11.6. The second-order valence-electron chi connectivity index (χ2n) is 3.50. The Balaban J connectivity index is 3.03. The summed E-state index contributed by atoms with van der Waals surface area (Å²) in [4.78, 5) is 24.9. The molecule has 2 rings (SSSR count). The van der Waals surface area contributed by atoms with E-state index < -0.39 is 0 Å². The molecule has 1 heterocycles. The van der Waals surface area contributed by atoms with E-state index in [0.717, 1.165) is 5.69 Å². The molecule has 0 saturated heterocycles. The molecule has 0 aliphatic carbocycles. The first-order valence-electron chi connectivity index (χ1n) is 4.52. The average Bonchev–Trinajstić information content (AvgIpc) is 2.23. The van der Waals surface area contributed by atoms with E-state index in [4.69, 9.17) is 0 Å². The molecule has 78 valence electrons. The van der Waals surface area contributed by atoms with E-state index in [2.05, 4.69) is 10.2 Å².